The van der Waals surface area contributed by atoms with Gasteiger partial charge >= 0.3 is 0 Å². The van der Waals surface area contributed by atoms with Gasteiger partial charge in [-0.25, -0.2) is 4.98 Å². The highest BCUT2D eigenvalue weighted by Crippen LogP contribution is 2.18. The van der Waals surface area contributed by atoms with Crippen molar-refractivity contribution >= 4 is 5.95 Å². The topological polar surface area (TPSA) is 95.4 Å². The van der Waals surface area contributed by atoms with Crippen molar-refractivity contribution in [1.82, 2.24) is 29.7 Å². The number of nitrogens with two attached hydrogens (primary N) is 1. The van der Waals surface area contributed by atoms with Crippen LogP contribution in [-0.4, -0.2) is 29.7 Å². The SMILES string of the molecule is CCc1cccc(-c2nc(N)nc(-n3cncn3)n2)c1. The van der Waals surface area contributed by atoms with Crippen molar-refractivity contribution in [2.75, 3.05) is 5.73 Å². The van der Waals surface area contributed by atoms with E-state index in [4.69, 9.17) is 5.73 Å². The molecule has 7 nitrogen and oxygen atoms in total. The first-order valence-corrected chi connectivity index (χ1v) is 6.22. The van der Waals surface area contributed by atoms with E-state index in [0.29, 0.717) is 11.8 Å². The highest BCUT2D eigenvalue weighted by molar-refractivity contribution is 5.57. The molecular formula is C13H13N7. The number of aromatic nitrogens is 6. The Balaban J connectivity index is 2.09. The zero-order valence-electron chi connectivity index (χ0n) is 10.9. The van der Waals surface area contributed by atoms with Crippen LogP contribution in [0.4, 0.5) is 5.95 Å². The fraction of sp³-hybridized carbons (Fsp3) is 0.154. The maximum atomic E-state index is 5.75. The second-order valence-electron chi connectivity index (χ2n) is 4.21. The van der Waals surface area contributed by atoms with Gasteiger partial charge in [-0.2, -0.15) is 24.7 Å². The molecule has 7 heteroatoms. The number of aryl methyl sites for hydroxylation is 1. The molecular weight excluding hydrogens is 254 g/mol. The zero-order valence-corrected chi connectivity index (χ0v) is 10.9. The van der Waals surface area contributed by atoms with Gasteiger partial charge in [0.2, 0.25) is 5.95 Å². The first-order valence-electron chi connectivity index (χ1n) is 6.22. The normalized spacial score (nSPS) is 10.7. The number of hydrogen-bond donors (Lipinski definition) is 1. The molecule has 0 fully saturated rings. The molecule has 1 aromatic carbocycles. The van der Waals surface area contributed by atoms with Crippen LogP contribution in [0.3, 0.4) is 0 Å². The van der Waals surface area contributed by atoms with E-state index in [1.54, 1.807) is 0 Å². The van der Waals surface area contributed by atoms with Crippen molar-refractivity contribution in [2.45, 2.75) is 13.3 Å². The molecule has 0 unspecified atom stereocenters. The molecule has 0 amide bonds. The van der Waals surface area contributed by atoms with Gasteiger partial charge in [-0.3, -0.25) is 0 Å². The number of benzene rings is 1. The van der Waals surface area contributed by atoms with E-state index < -0.39 is 0 Å². The summed E-state index contributed by atoms with van der Waals surface area (Å²) in [6, 6.07) is 8.02. The van der Waals surface area contributed by atoms with Gasteiger partial charge in [-0.15, -0.1) is 0 Å². The molecule has 0 atom stereocenters. The Morgan fingerprint density at radius 2 is 2.10 bits per heavy atom. The molecule has 2 aromatic heterocycles. The molecule has 20 heavy (non-hydrogen) atoms. The largest absolute Gasteiger partial charge is 0.368 e. The smallest absolute Gasteiger partial charge is 0.257 e. The Labute approximate surface area is 115 Å². The van der Waals surface area contributed by atoms with Crippen molar-refractivity contribution in [3.63, 3.8) is 0 Å². The summed E-state index contributed by atoms with van der Waals surface area (Å²) in [5.41, 5.74) is 7.86. The highest BCUT2D eigenvalue weighted by atomic mass is 15.4. The lowest BCUT2D eigenvalue weighted by Gasteiger charge is -2.05. The number of nitrogen functional groups attached to an aromatic ring is 1. The maximum Gasteiger partial charge on any atom is 0.257 e. The van der Waals surface area contributed by atoms with Crippen LogP contribution in [0.15, 0.2) is 36.9 Å². The van der Waals surface area contributed by atoms with Crippen LogP contribution in [0, 0.1) is 0 Å². The second kappa shape index (κ2) is 5.04. The highest BCUT2D eigenvalue weighted by Gasteiger charge is 2.09. The third kappa shape index (κ3) is 2.33. The molecule has 2 N–H and O–H groups in total. The van der Waals surface area contributed by atoms with Gasteiger partial charge in [0.1, 0.15) is 12.7 Å². The molecule has 0 spiro atoms. The summed E-state index contributed by atoms with van der Waals surface area (Å²) in [7, 11) is 0. The van der Waals surface area contributed by atoms with E-state index >= 15 is 0 Å². The van der Waals surface area contributed by atoms with Crippen LogP contribution in [0.2, 0.25) is 0 Å². The molecule has 0 aliphatic rings. The quantitative estimate of drug-likeness (QED) is 0.767. The van der Waals surface area contributed by atoms with Crippen LogP contribution in [-0.2, 0) is 6.42 Å². The van der Waals surface area contributed by atoms with Gasteiger partial charge in [0.25, 0.3) is 5.95 Å². The van der Waals surface area contributed by atoms with Crippen molar-refractivity contribution in [3.8, 4) is 17.3 Å². The summed E-state index contributed by atoms with van der Waals surface area (Å²) in [4.78, 5) is 16.5. The van der Waals surface area contributed by atoms with Gasteiger partial charge < -0.3 is 5.73 Å². The third-order valence-electron chi connectivity index (χ3n) is 2.86. The van der Waals surface area contributed by atoms with Gasteiger partial charge in [0.05, 0.1) is 0 Å². The van der Waals surface area contributed by atoms with E-state index in [2.05, 4.69) is 38.0 Å². The van der Waals surface area contributed by atoms with Crippen molar-refractivity contribution in [3.05, 3.63) is 42.5 Å². The minimum atomic E-state index is 0.155. The molecule has 0 radical (unpaired) electrons. The van der Waals surface area contributed by atoms with Gasteiger partial charge in [0.15, 0.2) is 5.82 Å². The fourth-order valence-electron chi connectivity index (χ4n) is 1.85. The lowest BCUT2D eigenvalue weighted by molar-refractivity contribution is 0.800. The maximum absolute atomic E-state index is 5.75. The summed E-state index contributed by atoms with van der Waals surface area (Å²) in [5, 5.41) is 3.99. The number of hydrogen-bond acceptors (Lipinski definition) is 6. The Bertz CT molecular complexity index is 721. The van der Waals surface area contributed by atoms with E-state index in [0.717, 1.165) is 12.0 Å². The van der Waals surface area contributed by atoms with Gasteiger partial charge in [0, 0.05) is 5.56 Å². The van der Waals surface area contributed by atoms with Gasteiger partial charge in [-0.1, -0.05) is 25.1 Å². The summed E-state index contributed by atoms with van der Waals surface area (Å²) in [6.07, 6.45) is 3.88. The Hall–Kier alpha value is -2.83. The van der Waals surface area contributed by atoms with E-state index in [-0.39, 0.29) is 5.95 Å². The minimum absolute atomic E-state index is 0.155. The molecule has 0 saturated carbocycles. The first kappa shape index (κ1) is 12.2. The number of anilines is 1. The standard InChI is InChI=1S/C13H13N7/c1-2-9-4-3-5-10(6-9)11-17-12(14)19-13(18-11)20-8-15-7-16-20/h3-8H,2H2,1H3,(H2,14,17,18,19). The average Bonchev–Trinajstić information content (AvgIpc) is 3.01. The minimum Gasteiger partial charge on any atom is -0.368 e. The van der Waals surface area contributed by atoms with E-state index in [9.17, 15) is 0 Å². The molecule has 0 aliphatic heterocycles. The molecule has 3 aromatic rings. The molecule has 0 saturated heterocycles. The van der Waals surface area contributed by atoms with Crippen LogP contribution in [0.1, 0.15) is 12.5 Å². The number of nitrogens with zero attached hydrogens (tertiary/aromatic N) is 6. The Morgan fingerprint density at radius 1 is 1.20 bits per heavy atom. The monoisotopic (exact) mass is 267 g/mol. The number of rotatable bonds is 3. The van der Waals surface area contributed by atoms with Crippen molar-refractivity contribution in [1.29, 1.82) is 0 Å². The summed E-state index contributed by atoms with van der Waals surface area (Å²) in [5.74, 6) is 1.03. The summed E-state index contributed by atoms with van der Waals surface area (Å²) >= 11 is 0. The molecule has 0 aliphatic carbocycles. The lowest BCUT2D eigenvalue weighted by Crippen LogP contribution is -2.08. The van der Waals surface area contributed by atoms with Crippen molar-refractivity contribution in [2.24, 2.45) is 0 Å². The van der Waals surface area contributed by atoms with E-state index in [1.165, 1.54) is 22.9 Å². The zero-order chi connectivity index (χ0) is 13.9. The van der Waals surface area contributed by atoms with Crippen LogP contribution in [0.25, 0.3) is 17.3 Å². The Morgan fingerprint density at radius 3 is 2.85 bits per heavy atom. The lowest BCUT2D eigenvalue weighted by atomic mass is 10.1. The molecule has 2 heterocycles. The Kier molecular flexibility index (Phi) is 3.08. The van der Waals surface area contributed by atoms with Gasteiger partial charge in [-0.05, 0) is 18.1 Å². The predicted octanol–water partition coefficient (Wildman–Crippen LogP) is 1.26. The van der Waals surface area contributed by atoms with Crippen LogP contribution < -0.4 is 5.73 Å². The second-order valence-corrected chi connectivity index (χ2v) is 4.21. The predicted molar refractivity (Wildman–Crippen MR) is 74.0 cm³/mol. The summed E-state index contributed by atoms with van der Waals surface area (Å²) in [6.45, 7) is 2.10. The van der Waals surface area contributed by atoms with Crippen LogP contribution >= 0.6 is 0 Å². The third-order valence-corrected chi connectivity index (χ3v) is 2.86. The summed E-state index contributed by atoms with van der Waals surface area (Å²) < 4.78 is 1.45. The molecule has 0 bridgehead atoms. The average molecular weight is 267 g/mol. The fourth-order valence-corrected chi connectivity index (χ4v) is 1.85. The van der Waals surface area contributed by atoms with Crippen molar-refractivity contribution < 1.29 is 0 Å². The van der Waals surface area contributed by atoms with Crippen LogP contribution in [0.5, 0.6) is 0 Å². The van der Waals surface area contributed by atoms with E-state index in [1.807, 2.05) is 18.2 Å². The molecule has 100 valence electrons. The first-order chi connectivity index (χ1) is 9.76. The molecule has 3 rings (SSSR count).